The molecule has 1 atom stereocenters. The van der Waals surface area contributed by atoms with Crippen molar-refractivity contribution in [2.24, 2.45) is 0 Å². The molecule has 86 valence electrons. The highest BCUT2D eigenvalue weighted by Crippen LogP contribution is 2.09. The van der Waals surface area contributed by atoms with E-state index in [-0.39, 0.29) is 0 Å². The average Bonchev–Trinajstić information content (AvgIpc) is 2.74. The van der Waals surface area contributed by atoms with Crippen LogP contribution in [0.4, 0.5) is 0 Å². The maximum absolute atomic E-state index is 5.09. The molecule has 1 N–H and O–H groups in total. The van der Waals surface area contributed by atoms with Crippen molar-refractivity contribution in [3.63, 3.8) is 0 Å². The lowest BCUT2D eigenvalue weighted by atomic mass is 10.1. The Balaban J connectivity index is 2.33. The van der Waals surface area contributed by atoms with Gasteiger partial charge in [-0.2, -0.15) is 11.8 Å². The van der Waals surface area contributed by atoms with Crippen molar-refractivity contribution in [3.05, 3.63) is 24.2 Å². The van der Waals surface area contributed by atoms with Gasteiger partial charge < -0.3 is 9.73 Å². The van der Waals surface area contributed by atoms with Gasteiger partial charge >= 0.3 is 0 Å². The average molecular weight is 227 g/mol. The minimum atomic E-state index is 0.593. The van der Waals surface area contributed by atoms with Crippen molar-refractivity contribution in [2.45, 2.75) is 32.2 Å². The summed E-state index contributed by atoms with van der Waals surface area (Å²) in [7, 11) is 0. The van der Waals surface area contributed by atoms with Crippen LogP contribution in [0.5, 0.6) is 0 Å². The molecule has 1 rings (SSSR count). The first-order valence-corrected chi connectivity index (χ1v) is 6.99. The zero-order chi connectivity index (χ0) is 10.9. The smallest absolute Gasteiger partial charge is 0.0935 e. The molecule has 1 unspecified atom stereocenters. The van der Waals surface area contributed by atoms with Crippen LogP contribution in [0.15, 0.2) is 23.0 Å². The van der Waals surface area contributed by atoms with Gasteiger partial charge in [0.25, 0.3) is 0 Å². The third-order valence-corrected chi connectivity index (χ3v) is 3.06. The minimum Gasteiger partial charge on any atom is -0.472 e. The topological polar surface area (TPSA) is 25.2 Å². The normalized spacial score (nSPS) is 12.9. The Bertz CT molecular complexity index is 228. The predicted molar refractivity (Wildman–Crippen MR) is 67.5 cm³/mol. The summed E-state index contributed by atoms with van der Waals surface area (Å²) < 4.78 is 5.09. The van der Waals surface area contributed by atoms with E-state index in [9.17, 15) is 0 Å². The van der Waals surface area contributed by atoms with Crippen LogP contribution in [0.2, 0.25) is 0 Å². The first-order valence-electron chi connectivity index (χ1n) is 5.60. The third kappa shape index (κ3) is 5.28. The van der Waals surface area contributed by atoms with Gasteiger partial charge in [0.2, 0.25) is 0 Å². The molecular formula is C12H21NOS. The van der Waals surface area contributed by atoms with E-state index in [0.29, 0.717) is 6.04 Å². The molecule has 0 aliphatic carbocycles. The lowest BCUT2D eigenvalue weighted by Gasteiger charge is -2.17. The van der Waals surface area contributed by atoms with Crippen molar-refractivity contribution >= 4 is 11.8 Å². The van der Waals surface area contributed by atoms with Crippen LogP contribution in [0.3, 0.4) is 0 Å². The Morgan fingerprint density at radius 3 is 3.00 bits per heavy atom. The summed E-state index contributed by atoms with van der Waals surface area (Å²) in [4.78, 5) is 0. The van der Waals surface area contributed by atoms with Gasteiger partial charge in [-0.25, -0.2) is 0 Å². The molecular weight excluding hydrogens is 206 g/mol. The van der Waals surface area contributed by atoms with Crippen LogP contribution in [-0.2, 0) is 6.42 Å². The summed E-state index contributed by atoms with van der Waals surface area (Å²) in [5.74, 6) is 1.22. The summed E-state index contributed by atoms with van der Waals surface area (Å²) in [6, 6.07) is 2.65. The quantitative estimate of drug-likeness (QED) is 0.739. The summed E-state index contributed by atoms with van der Waals surface area (Å²) in [5, 5.41) is 3.59. The SMILES string of the molecule is CCCNC(CCSC)Cc1ccoc1. The van der Waals surface area contributed by atoms with Crippen molar-refractivity contribution in [2.75, 3.05) is 18.6 Å². The van der Waals surface area contributed by atoms with Crippen LogP contribution in [0.25, 0.3) is 0 Å². The maximum Gasteiger partial charge on any atom is 0.0935 e. The van der Waals surface area contributed by atoms with Crippen LogP contribution in [0.1, 0.15) is 25.3 Å². The Labute approximate surface area is 96.8 Å². The van der Waals surface area contributed by atoms with E-state index in [0.717, 1.165) is 13.0 Å². The van der Waals surface area contributed by atoms with E-state index in [1.54, 1.807) is 6.26 Å². The zero-order valence-electron chi connectivity index (χ0n) is 9.66. The number of hydrogen-bond donors (Lipinski definition) is 1. The first kappa shape index (κ1) is 12.7. The van der Waals surface area contributed by atoms with E-state index < -0.39 is 0 Å². The summed E-state index contributed by atoms with van der Waals surface area (Å²) in [5.41, 5.74) is 1.30. The molecule has 0 spiro atoms. The molecule has 1 aromatic heterocycles. The molecule has 0 aliphatic heterocycles. The van der Waals surface area contributed by atoms with Crippen LogP contribution < -0.4 is 5.32 Å². The van der Waals surface area contributed by atoms with Gasteiger partial charge in [-0.05, 0) is 49.4 Å². The highest BCUT2D eigenvalue weighted by atomic mass is 32.2. The molecule has 2 nitrogen and oxygen atoms in total. The molecule has 0 saturated carbocycles. The lowest BCUT2D eigenvalue weighted by molar-refractivity contribution is 0.493. The predicted octanol–water partition coefficient (Wildman–Crippen LogP) is 2.94. The molecule has 0 aliphatic rings. The first-order chi connectivity index (χ1) is 7.36. The molecule has 0 aromatic carbocycles. The second kappa shape index (κ2) is 7.83. The van der Waals surface area contributed by atoms with Crippen LogP contribution in [-0.4, -0.2) is 24.6 Å². The lowest BCUT2D eigenvalue weighted by Crippen LogP contribution is -2.32. The van der Waals surface area contributed by atoms with E-state index in [4.69, 9.17) is 4.42 Å². The molecule has 0 radical (unpaired) electrons. The van der Waals surface area contributed by atoms with E-state index in [1.807, 2.05) is 18.0 Å². The number of furan rings is 1. The molecule has 1 aromatic rings. The fourth-order valence-electron chi connectivity index (χ4n) is 1.58. The number of hydrogen-bond acceptors (Lipinski definition) is 3. The standard InChI is InChI=1S/C12H21NOS/c1-3-6-13-12(5-8-15-2)9-11-4-7-14-10-11/h4,7,10,12-13H,3,5-6,8-9H2,1-2H3. The number of thioether (sulfide) groups is 1. The van der Waals surface area contributed by atoms with Gasteiger partial charge in [0, 0.05) is 6.04 Å². The minimum absolute atomic E-state index is 0.593. The molecule has 3 heteroatoms. The molecule has 0 bridgehead atoms. The third-order valence-electron chi connectivity index (χ3n) is 2.42. The summed E-state index contributed by atoms with van der Waals surface area (Å²) >= 11 is 1.91. The Hall–Kier alpha value is -0.410. The van der Waals surface area contributed by atoms with Crippen LogP contribution >= 0.6 is 11.8 Å². The van der Waals surface area contributed by atoms with Gasteiger partial charge in [0.1, 0.15) is 0 Å². The zero-order valence-corrected chi connectivity index (χ0v) is 10.5. The molecule has 15 heavy (non-hydrogen) atoms. The highest BCUT2D eigenvalue weighted by Gasteiger charge is 2.08. The fourth-order valence-corrected chi connectivity index (χ4v) is 2.10. The molecule has 0 saturated heterocycles. The Morgan fingerprint density at radius 2 is 2.40 bits per heavy atom. The van der Waals surface area contributed by atoms with Gasteiger partial charge in [-0.15, -0.1) is 0 Å². The maximum atomic E-state index is 5.09. The number of rotatable bonds is 8. The monoisotopic (exact) mass is 227 g/mol. The van der Waals surface area contributed by atoms with Crippen molar-refractivity contribution in [3.8, 4) is 0 Å². The second-order valence-corrected chi connectivity index (χ2v) is 4.75. The van der Waals surface area contributed by atoms with Crippen LogP contribution in [0, 0.1) is 0 Å². The largest absolute Gasteiger partial charge is 0.472 e. The summed E-state index contributed by atoms with van der Waals surface area (Å²) in [6.45, 7) is 3.31. The van der Waals surface area contributed by atoms with E-state index in [1.165, 1.54) is 24.2 Å². The number of nitrogens with one attached hydrogen (secondary N) is 1. The highest BCUT2D eigenvalue weighted by molar-refractivity contribution is 7.98. The van der Waals surface area contributed by atoms with Crippen molar-refractivity contribution < 1.29 is 4.42 Å². The molecule has 0 fully saturated rings. The molecule has 0 amide bonds. The van der Waals surface area contributed by atoms with Gasteiger partial charge in [-0.3, -0.25) is 0 Å². The Morgan fingerprint density at radius 1 is 1.53 bits per heavy atom. The second-order valence-electron chi connectivity index (χ2n) is 3.77. The fraction of sp³-hybridized carbons (Fsp3) is 0.667. The van der Waals surface area contributed by atoms with Gasteiger partial charge in [-0.1, -0.05) is 6.92 Å². The molecule has 1 heterocycles. The summed E-state index contributed by atoms with van der Waals surface area (Å²) in [6.07, 6.45) is 9.26. The van der Waals surface area contributed by atoms with Crippen molar-refractivity contribution in [1.29, 1.82) is 0 Å². The van der Waals surface area contributed by atoms with E-state index in [2.05, 4.69) is 24.6 Å². The van der Waals surface area contributed by atoms with Gasteiger partial charge in [0.05, 0.1) is 12.5 Å². The Kier molecular flexibility index (Phi) is 6.60. The van der Waals surface area contributed by atoms with Gasteiger partial charge in [0.15, 0.2) is 0 Å². The van der Waals surface area contributed by atoms with E-state index >= 15 is 0 Å². The van der Waals surface area contributed by atoms with Crippen molar-refractivity contribution in [1.82, 2.24) is 5.32 Å².